The Morgan fingerprint density at radius 1 is 1.17 bits per heavy atom. The Labute approximate surface area is 180 Å². The molecule has 1 N–H and O–H groups in total. The van der Waals surface area contributed by atoms with Gasteiger partial charge in [-0.1, -0.05) is 35.9 Å². The number of nitrogens with one attached hydrogen (secondary N) is 1. The number of ether oxygens (including phenoxy) is 1. The van der Waals surface area contributed by atoms with E-state index in [0.717, 1.165) is 11.1 Å². The van der Waals surface area contributed by atoms with Gasteiger partial charge in [0.15, 0.2) is 0 Å². The highest BCUT2D eigenvalue weighted by atomic mass is 35.5. The van der Waals surface area contributed by atoms with Crippen LogP contribution in [0, 0.1) is 5.82 Å². The van der Waals surface area contributed by atoms with Crippen molar-refractivity contribution in [1.82, 2.24) is 14.8 Å². The molecule has 152 valence electrons. The number of amides is 1. The molecule has 0 saturated carbocycles. The van der Waals surface area contributed by atoms with E-state index in [1.54, 1.807) is 30.3 Å². The molecule has 0 saturated heterocycles. The largest absolute Gasteiger partial charge is 0.487 e. The third kappa shape index (κ3) is 5.03. The number of rotatable bonds is 7. The molecule has 2 heterocycles. The fourth-order valence-corrected chi connectivity index (χ4v) is 3.69. The Morgan fingerprint density at radius 2 is 2.03 bits per heavy atom. The number of hydrogen-bond donors (Lipinski definition) is 1. The summed E-state index contributed by atoms with van der Waals surface area (Å²) in [5.41, 5.74) is 1.61. The molecule has 30 heavy (non-hydrogen) atoms. The molecule has 0 spiro atoms. The molecule has 0 unspecified atom stereocenters. The van der Waals surface area contributed by atoms with Crippen molar-refractivity contribution in [3.8, 4) is 5.75 Å². The number of carbonyl (C=O) groups is 1. The molecule has 0 bridgehead atoms. The number of hydrogen-bond acceptors (Lipinski definition) is 5. The fourth-order valence-electron chi connectivity index (χ4n) is 2.71. The molecular weight excluding hydrogens is 427 g/mol. The SMILES string of the molecule is O=C(Nc1ncn(Cc2cccc(F)c2)n1)c1cc(COc2ccccc2Cl)cs1. The lowest BCUT2D eigenvalue weighted by atomic mass is 10.2. The van der Waals surface area contributed by atoms with Gasteiger partial charge in [-0.25, -0.2) is 14.1 Å². The second-order valence-electron chi connectivity index (χ2n) is 6.39. The van der Waals surface area contributed by atoms with Crippen LogP contribution < -0.4 is 10.1 Å². The number of nitrogens with zero attached hydrogens (tertiary/aromatic N) is 3. The van der Waals surface area contributed by atoms with Crippen LogP contribution in [0.4, 0.5) is 10.3 Å². The molecule has 4 rings (SSSR count). The summed E-state index contributed by atoms with van der Waals surface area (Å²) in [5, 5.41) is 9.26. The minimum atomic E-state index is -0.313. The molecule has 0 radical (unpaired) electrons. The molecule has 0 fully saturated rings. The van der Waals surface area contributed by atoms with E-state index in [1.807, 2.05) is 17.5 Å². The van der Waals surface area contributed by atoms with Crippen molar-refractivity contribution in [2.75, 3.05) is 5.32 Å². The zero-order valence-corrected chi connectivity index (χ0v) is 17.2. The number of carbonyl (C=O) groups excluding carboxylic acids is 1. The van der Waals surface area contributed by atoms with E-state index in [2.05, 4.69) is 15.4 Å². The predicted octanol–water partition coefficient (Wildman–Crippen LogP) is 5.01. The Kier molecular flexibility index (Phi) is 6.06. The van der Waals surface area contributed by atoms with E-state index < -0.39 is 0 Å². The molecule has 2 aromatic heterocycles. The third-order valence-electron chi connectivity index (χ3n) is 4.10. The monoisotopic (exact) mass is 442 g/mol. The van der Waals surface area contributed by atoms with Gasteiger partial charge in [0.05, 0.1) is 16.4 Å². The number of benzene rings is 2. The zero-order chi connectivity index (χ0) is 20.9. The quantitative estimate of drug-likeness (QED) is 0.436. The summed E-state index contributed by atoms with van der Waals surface area (Å²) in [6.45, 7) is 0.650. The van der Waals surface area contributed by atoms with Crippen molar-refractivity contribution in [1.29, 1.82) is 0 Å². The van der Waals surface area contributed by atoms with Gasteiger partial charge in [-0.3, -0.25) is 10.1 Å². The molecule has 4 aromatic rings. The fraction of sp³-hybridized carbons (Fsp3) is 0.0952. The van der Waals surface area contributed by atoms with Gasteiger partial charge in [0.1, 0.15) is 24.5 Å². The van der Waals surface area contributed by atoms with Crippen molar-refractivity contribution < 1.29 is 13.9 Å². The number of anilines is 1. The van der Waals surface area contributed by atoms with Crippen LogP contribution in [0.1, 0.15) is 20.8 Å². The van der Waals surface area contributed by atoms with Crippen LogP contribution >= 0.6 is 22.9 Å². The van der Waals surface area contributed by atoms with Crippen molar-refractivity contribution in [3.63, 3.8) is 0 Å². The van der Waals surface area contributed by atoms with Gasteiger partial charge < -0.3 is 4.74 Å². The summed E-state index contributed by atoms with van der Waals surface area (Å²) in [4.78, 5) is 17.1. The first-order valence-corrected chi connectivity index (χ1v) is 10.2. The van der Waals surface area contributed by atoms with Crippen LogP contribution in [0.2, 0.25) is 5.02 Å². The highest BCUT2D eigenvalue weighted by Crippen LogP contribution is 2.25. The minimum absolute atomic E-state index is 0.179. The van der Waals surface area contributed by atoms with E-state index in [9.17, 15) is 9.18 Å². The van der Waals surface area contributed by atoms with E-state index in [-0.39, 0.29) is 17.7 Å². The lowest BCUT2D eigenvalue weighted by Gasteiger charge is -2.06. The van der Waals surface area contributed by atoms with Crippen LogP contribution in [0.3, 0.4) is 0 Å². The van der Waals surface area contributed by atoms with Gasteiger partial charge >= 0.3 is 0 Å². The maximum absolute atomic E-state index is 13.3. The smallest absolute Gasteiger partial charge is 0.268 e. The van der Waals surface area contributed by atoms with Crippen LogP contribution in [-0.2, 0) is 13.2 Å². The summed E-state index contributed by atoms with van der Waals surface area (Å²) in [7, 11) is 0. The zero-order valence-electron chi connectivity index (χ0n) is 15.6. The molecule has 0 aliphatic rings. The summed E-state index contributed by atoms with van der Waals surface area (Å²) in [6, 6.07) is 15.2. The molecule has 0 atom stereocenters. The molecule has 9 heteroatoms. The topological polar surface area (TPSA) is 69.0 Å². The Hall–Kier alpha value is -3.23. The van der Waals surface area contributed by atoms with Crippen LogP contribution in [-0.4, -0.2) is 20.7 Å². The molecule has 0 aliphatic heterocycles. The summed E-state index contributed by atoms with van der Waals surface area (Å²) < 4.78 is 20.5. The molecule has 2 aromatic carbocycles. The second-order valence-corrected chi connectivity index (χ2v) is 7.71. The molecule has 0 aliphatic carbocycles. The van der Waals surface area contributed by atoms with Gasteiger partial charge in [-0.15, -0.1) is 16.4 Å². The van der Waals surface area contributed by atoms with E-state index in [4.69, 9.17) is 16.3 Å². The van der Waals surface area contributed by atoms with Crippen molar-refractivity contribution in [2.24, 2.45) is 0 Å². The average molecular weight is 443 g/mol. The standard InChI is InChI=1S/C21H16ClFN4O2S/c22-17-6-1-2-7-18(17)29-11-15-9-19(30-12-15)20(28)25-21-24-13-27(26-21)10-14-4-3-5-16(23)8-14/h1-9,12-13H,10-11H2,(H,25,26,28). The Bertz CT molecular complexity index is 1180. The molecule has 1 amide bonds. The van der Waals surface area contributed by atoms with Crippen molar-refractivity contribution in [3.05, 3.63) is 93.1 Å². The first kappa shape index (κ1) is 20.1. The summed E-state index contributed by atoms with van der Waals surface area (Å²) in [5.74, 6) is 0.142. The van der Waals surface area contributed by atoms with Crippen molar-refractivity contribution in [2.45, 2.75) is 13.2 Å². The van der Waals surface area contributed by atoms with Gasteiger partial charge in [-0.2, -0.15) is 0 Å². The number of aromatic nitrogens is 3. The highest BCUT2D eigenvalue weighted by Gasteiger charge is 2.13. The first-order valence-electron chi connectivity index (χ1n) is 8.97. The summed E-state index contributed by atoms with van der Waals surface area (Å²) >= 11 is 7.37. The number of halogens is 2. The predicted molar refractivity (Wildman–Crippen MR) is 114 cm³/mol. The van der Waals surface area contributed by atoms with E-state index in [0.29, 0.717) is 28.8 Å². The average Bonchev–Trinajstić information content (AvgIpc) is 3.37. The Balaban J connectivity index is 1.34. The number of thiophene rings is 1. The lowest BCUT2D eigenvalue weighted by Crippen LogP contribution is -2.12. The van der Waals surface area contributed by atoms with Crippen LogP contribution in [0.15, 0.2) is 66.3 Å². The second kappa shape index (κ2) is 9.06. The van der Waals surface area contributed by atoms with Gasteiger partial charge in [0.2, 0.25) is 5.95 Å². The van der Waals surface area contributed by atoms with E-state index in [1.165, 1.54) is 34.5 Å². The maximum Gasteiger partial charge on any atom is 0.268 e. The third-order valence-corrected chi connectivity index (χ3v) is 5.39. The van der Waals surface area contributed by atoms with Crippen molar-refractivity contribution >= 4 is 34.8 Å². The maximum atomic E-state index is 13.3. The summed E-state index contributed by atoms with van der Waals surface area (Å²) in [6.07, 6.45) is 1.48. The van der Waals surface area contributed by atoms with E-state index >= 15 is 0 Å². The van der Waals surface area contributed by atoms with Gasteiger partial charge in [0, 0.05) is 5.56 Å². The first-order chi connectivity index (χ1) is 14.6. The van der Waals surface area contributed by atoms with Crippen LogP contribution in [0.5, 0.6) is 5.75 Å². The van der Waals surface area contributed by atoms with Gasteiger partial charge in [0.25, 0.3) is 5.91 Å². The molecular formula is C21H16ClFN4O2S. The highest BCUT2D eigenvalue weighted by molar-refractivity contribution is 7.12. The molecule has 6 nitrogen and oxygen atoms in total. The normalized spacial score (nSPS) is 10.7. The van der Waals surface area contributed by atoms with Gasteiger partial charge in [-0.05, 0) is 41.3 Å². The van der Waals surface area contributed by atoms with Crippen LogP contribution in [0.25, 0.3) is 0 Å². The Morgan fingerprint density at radius 3 is 2.87 bits per heavy atom. The number of para-hydroxylation sites is 1. The minimum Gasteiger partial charge on any atom is -0.487 e. The lowest BCUT2D eigenvalue weighted by molar-refractivity contribution is 0.102.